The highest BCUT2D eigenvalue weighted by Gasteiger charge is 2.21. The van der Waals surface area contributed by atoms with E-state index >= 15 is 0 Å². The molecule has 0 spiro atoms. The zero-order valence-corrected chi connectivity index (χ0v) is 13.9. The molecule has 21 heavy (non-hydrogen) atoms. The highest BCUT2D eigenvalue weighted by molar-refractivity contribution is 7.89. The van der Waals surface area contributed by atoms with Gasteiger partial charge in [0.25, 0.3) is 0 Å². The number of hydrogen-bond acceptors (Lipinski definition) is 3. The quantitative estimate of drug-likeness (QED) is 0.759. The predicted octanol–water partition coefficient (Wildman–Crippen LogP) is 3.21. The fraction of sp³-hybridized carbons (Fsp3) is 0.600. The van der Waals surface area contributed by atoms with Crippen molar-refractivity contribution in [2.45, 2.75) is 57.9 Å². The first-order valence-corrected chi connectivity index (χ1v) is 8.69. The second kappa shape index (κ2) is 7.22. The van der Waals surface area contributed by atoms with Gasteiger partial charge in [-0.2, -0.15) is 0 Å². The van der Waals surface area contributed by atoms with Crippen molar-refractivity contribution in [3.8, 4) is 0 Å². The van der Waals surface area contributed by atoms with Crippen LogP contribution in [0.15, 0.2) is 17.0 Å². The molecule has 0 aliphatic carbocycles. The second-order valence-electron chi connectivity index (χ2n) is 5.99. The number of anilines is 1. The average molecular weight is 316 g/mol. The molecule has 1 atom stereocenters. The van der Waals surface area contributed by atoms with Crippen molar-refractivity contribution in [3.63, 3.8) is 0 Å². The van der Waals surface area contributed by atoms with Crippen LogP contribution in [0.2, 0.25) is 0 Å². The summed E-state index contributed by atoms with van der Waals surface area (Å²) in [6.45, 7) is 7.67. The first-order chi connectivity index (χ1) is 9.63. The number of nitrogens with one attached hydrogen (secondary N) is 1. The van der Waals surface area contributed by atoms with E-state index in [1.807, 2.05) is 6.92 Å². The van der Waals surface area contributed by atoms with E-state index in [4.69, 9.17) is 5.73 Å². The Morgan fingerprint density at radius 1 is 1.24 bits per heavy atom. The molecule has 0 fully saturated rings. The summed E-state index contributed by atoms with van der Waals surface area (Å²) in [5.74, 6) is 0.00406. The third-order valence-electron chi connectivity index (χ3n) is 3.36. The molecular formula is C15H25FN2O2S. The Hall–Kier alpha value is -1.14. The van der Waals surface area contributed by atoms with Gasteiger partial charge in [0.15, 0.2) is 0 Å². The van der Waals surface area contributed by atoms with Gasteiger partial charge in [-0.3, -0.25) is 0 Å². The van der Waals surface area contributed by atoms with Gasteiger partial charge in [-0.15, -0.1) is 0 Å². The maximum atomic E-state index is 13.3. The summed E-state index contributed by atoms with van der Waals surface area (Å²) < 4.78 is 40.6. The molecule has 1 unspecified atom stereocenters. The van der Waals surface area contributed by atoms with Gasteiger partial charge in [-0.25, -0.2) is 17.5 Å². The van der Waals surface area contributed by atoms with Gasteiger partial charge in [0.2, 0.25) is 10.0 Å². The van der Waals surface area contributed by atoms with Crippen molar-refractivity contribution in [3.05, 3.63) is 23.5 Å². The first kappa shape index (κ1) is 17.9. The van der Waals surface area contributed by atoms with E-state index < -0.39 is 15.8 Å². The monoisotopic (exact) mass is 316 g/mol. The number of nitrogens with two attached hydrogens (primary N) is 1. The van der Waals surface area contributed by atoms with Crippen LogP contribution in [0.25, 0.3) is 0 Å². The molecule has 120 valence electrons. The zero-order chi connectivity index (χ0) is 16.2. The minimum atomic E-state index is -3.68. The molecule has 0 amide bonds. The number of nitrogen functional groups attached to an aromatic ring is 1. The maximum Gasteiger partial charge on any atom is 0.241 e. The molecule has 0 aliphatic rings. The van der Waals surface area contributed by atoms with Crippen LogP contribution in [0, 0.1) is 18.7 Å². The molecule has 4 nitrogen and oxygen atoms in total. The van der Waals surface area contributed by atoms with Gasteiger partial charge in [0.05, 0.1) is 10.6 Å². The highest BCUT2D eigenvalue weighted by atomic mass is 32.2. The maximum absolute atomic E-state index is 13.3. The summed E-state index contributed by atoms with van der Waals surface area (Å²) in [4.78, 5) is 0.0390. The lowest BCUT2D eigenvalue weighted by molar-refractivity contribution is 0.488. The Balaban J connectivity index is 2.80. The van der Waals surface area contributed by atoms with Crippen LogP contribution in [-0.4, -0.2) is 14.5 Å². The summed E-state index contributed by atoms with van der Waals surface area (Å²) in [5.41, 5.74) is 5.65. The highest BCUT2D eigenvalue weighted by Crippen LogP contribution is 2.22. The van der Waals surface area contributed by atoms with Crippen molar-refractivity contribution in [2.24, 2.45) is 5.92 Å². The molecule has 0 saturated carbocycles. The van der Waals surface area contributed by atoms with Crippen molar-refractivity contribution in [2.75, 3.05) is 5.73 Å². The van der Waals surface area contributed by atoms with E-state index in [1.54, 1.807) is 6.92 Å². The van der Waals surface area contributed by atoms with Crippen LogP contribution in [0.5, 0.6) is 0 Å². The van der Waals surface area contributed by atoms with Gasteiger partial charge in [0.1, 0.15) is 5.82 Å². The van der Waals surface area contributed by atoms with Crippen molar-refractivity contribution >= 4 is 15.7 Å². The van der Waals surface area contributed by atoms with Crippen molar-refractivity contribution < 1.29 is 12.8 Å². The molecule has 6 heteroatoms. The molecule has 0 radical (unpaired) electrons. The lowest BCUT2D eigenvalue weighted by Gasteiger charge is -2.16. The first-order valence-electron chi connectivity index (χ1n) is 7.21. The Kier molecular flexibility index (Phi) is 6.16. The number of sulfonamides is 1. The van der Waals surface area contributed by atoms with Crippen LogP contribution < -0.4 is 10.5 Å². The largest absolute Gasteiger partial charge is 0.396 e. The topological polar surface area (TPSA) is 72.2 Å². The summed E-state index contributed by atoms with van der Waals surface area (Å²) in [6.07, 6.45) is 2.80. The van der Waals surface area contributed by atoms with E-state index in [1.165, 1.54) is 6.07 Å². The third-order valence-corrected chi connectivity index (χ3v) is 5.09. The number of rotatable bonds is 7. The average Bonchev–Trinajstić information content (AvgIpc) is 2.32. The van der Waals surface area contributed by atoms with Crippen LogP contribution in [0.4, 0.5) is 10.1 Å². The number of hydrogen-bond donors (Lipinski definition) is 2. The van der Waals surface area contributed by atoms with Gasteiger partial charge in [-0.05, 0) is 43.9 Å². The Morgan fingerprint density at radius 2 is 1.86 bits per heavy atom. The summed E-state index contributed by atoms with van der Waals surface area (Å²) in [7, 11) is -3.68. The Morgan fingerprint density at radius 3 is 2.43 bits per heavy atom. The van der Waals surface area contributed by atoms with Crippen LogP contribution in [-0.2, 0) is 10.0 Å². The molecular weight excluding hydrogens is 291 g/mol. The zero-order valence-electron chi connectivity index (χ0n) is 13.1. The predicted molar refractivity (Wildman–Crippen MR) is 84.0 cm³/mol. The molecule has 0 heterocycles. The molecule has 3 N–H and O–H groups in total. The standard InChI is InChI=1S/C15H25FN2O2S/c1-10(2)6-5-7-12(4)18-21(19,20)15-9-14(17)13(16)8-11(15)3/h8-10,12,18H,5-7,17H2,1-4H3. The number of benzene rings is 1. The van der Waals surface area contributed by atoms with Crippen LogP contribution >= 0.6 is 0 Å². The molecule has 1 rings (SSSR count). The Labute approximate surface area is 127 Å². The van der Waals surface area contributed by atoms with E-state index in [-0.39, 0.29) is 16.6 Å². The van der Waals surface area contributed by atoms with E-state index in [9.17, 15) is 12.8 Å². The summed E-state index contributed by atoms with van der Waals surface area (Å²) in [5, 5.41) is 0. The SMILES string of the molecule is Cc1cc(F)c(N)cc1S(=O)(=O)NC(C)CCCC(C)C. The van der Waals surface area contributed by atoms with E-state index in [2.05, 4.69) is 18.6 Å². The smallest absolute Gasteiger partial charge is 0.241 e. The van der Waals surface area contributed by atoms with E-state index in [0.29, 0.717) is 11.5 Å². The normalized spacial score (nSPS) is 13.6. The number of halogens is 1. The molecule has 0 saturated heterocycles. The fourth-order valence-electron chi connectivity index (χ4n) is 2.18. The molecule has 0 bridgehead atoms. The van der Waals surface area contributed by atoms with Crippen LogP contribution in [0.3, 0.4) is 0 Å². The van der Waals surface area contributed by atoms with Gasteiger partial charge >= 0.3 is 0 Å². The van der Waals surface area contributed by atoms with Gasteiger partial charge in [0, 0.05) is 6.04 Å². The summed E-state index contributed by atoms with van der Waals surface area (Å²) >= 11 is 0. The lowest BCUT2D eigenvalue weighted by atomic mass is 10.0. The van der Waals surface area contributed by atoms with Gasteiger partial charge < -0.3 is 5.73 Å². The molecule has 0 aromatic heterocycles. The second-order valence-corrected chi connectivity index (χ2v) is 7.67. The third kappa shape index (κ3) is 5.28. The lowest BCUT2D eigenvalue weighted by Crippen LogP contribution is -2.33. The molecule has 1 aromatic carbocycles. The van der Waals surface area contributed by atoms with Crippen molar-refractivity contribution in [1.82, 2.24) is 4.72 Å². The van der Waals surface area contributed by atoms with Gasteiger partial charge in [-0.1, -0.05) is 26.7 Å². The fourth-order valence-corrected chi connectivity index (χ4v) is 3.72. The Bertz CT molecular complexity index is 586. The van der Waals surface area contributed by atoms with Crippen molar-refractivity contribution in [1.29, 1.82) is 0 Å². The number of aryl methyl sites for hydroxylation is 1. The molecule has 0 aliphatic heterocycles. The van der Waals surface area contributed by atoms with E-state index in [0.717, 1.165) is 25.3 Å². The minimum absolute atomic E-state index is 0.0390. The minimum Gasteiger partial charge on any atom is -0.396 e. The summed E-state index contributed by atoms with van der Waals surface area (Å²) in [6, 6.07) is 2.15. The molecule has 1 aromatic rings. The van der Waals surface area contributed by atoms with Crippen LogP contribution in [0.1, 0.15) is 45.6 Å².